The molecule has 3 nitrogen and oxygen atoms in total. The first-order chi connectivity index (χ1) is 16.6. The van der Waals surface area contributed by atoms with Gasteiger partial charge < -0.3 is 0 Å². The molecule has 0 saturated carbocycles. The number of terminal acetylenes is 1. The molecule has 2 aliphatic carbocycles. The Morgan fingerprint density at radius 2 is 2.09 bits per heavy atom. The minimum atomic E-state index is -0.143. The van der Waals surface area contributed by atoms with E-state index in [-0.39, 0.29) is 12.6 Å². The van der Waals surface area contributed by atoms with Gasteiger partial charge in [-0.25, -0.2) is 0 Å². The fraction of sp³-hybridized carbons (Fsp3) is 0.344. The lowest BCUT2D eigenvalue weighted by atomic mass is 9.67. The fourth-order valence-corrected chi connectivity index (χ4v) is 4.33. The van der Waals surface area contributed by atoms with E-state index in [1.54, 1.807) is 12.3 Å². The second kappa shape index (κ2) is 12.8. The van der Waals surface area contributed by atoms with Crippen LogP contribution in [-0.4, -0.2) is 17.0 Å². The van der Waals surface area contributed by atoms with Gasteiger partial charge in [0.15, 0.2) is 0 Å². The predicted molar refractivity (Wildman–Crippen MR) is 152 cm³/mol. The van der Waals surface area contributed by atoms with Crippen molar-refractivity contribution in [3.8, 4) is 12.3 Å². The molecular formula is C32H40N2O. The molecule has 0 radical (unpaired) electrons. The van der Waals surface area contributed by atoms with Crippen molar-refractivity contribution in [3.63, 3.8) is 0 Å². The van der Waals surface area contributed by atoms with Gasteiger partial charge in [-0.05, 0) is 75.2 Å². The third kappa shape index (κ3) is 7.76. The normalized spacial score (nSPS) is 22.1. The summed E-state index contributed by atoms with van der Waals surface area (Å²) in [5, 5.41) is 0. The van der Waals surface area contributed by atoms with Crippen molar-refractivity contribution in [2.75, 3.05) is 0 Å². The second-order valence-corrected chi connectivity index (χ2v) is 9.59. The van der Waals surface area contributed by atoms with E-state index in [2.05, 4.69) is 74.5 Å². The van der Waals surface area contributed by atoms with Crippen LogP contribution in [0.25, 0.3) is 5.70 Å². The Bertz CT molecular complexity index is 1170. The van der Waals surface area contributed by atoms with E-state index in [1.165, 1.54) is 16.7 Å². The number of aliphatic imine (C=N–C) groups is 1. The zero-order valence-corrected chi connectivity index (χ0v) is 22.1. The first kappa shape index (κ1) is 27.7. The number of aromatic nitrogens is 1. The lowest BCUT2D eigenvalue weighted by Crippen LogP contribution is -2.24. The standard InChI is InChI=1S/C20H24O.C12H14N2.H2/c1-6-19(21)13-17-7-8-20(5,16(4)12-17)18-10-14(2)9-15(3)11-18;1-4-8-13-11(5-2)12-7-6-10(3)9-14-12;/h1,7,10-12,14H,8-9,13H2,2-5H3;4-9H,1H2,2-3H3;1H/b;11-5-,13-8?;. The number of rotatable bonds is 6. The summed E-state index contributed by atoms with van der Waals surface area (Å²) in [5.41, 5.74) is 8.17. The average molecular weight is 469 g/mol. The monoisotopic (exact) mass is 468 g/mol. The van der Waals surface area contributed by atoms with Gasteiger partial charge in [0.1, 0.15) is 0 Å². The van der Waals surface area contributed by atoms with Gasteiger partial charge >= 0.3 is 0 Å². The van der Waals surface area contributed by atoms with Gasteiger partial charge in [-0.15, -0.1) is 6.42 Å². The molecule has 0 spiro atoms. The number of nitrogens with zero attached hydrogens (tertiary/aromatic N) is 2. The number of allylic oxidation sites excluding steroid dienone is 10. The molecule has 0 saturated heterocycles. The second-order valence-electron chi connectivity index (χ2n) is 9.59. The van der Waals surface area contributed by atoms with Crippen LogP contribution in [0.15, 0.2) is 88.6 Å². The van der Waals surface area contributed by atoms with Gasteiger partial charge in [0.25, 0.3) is 0 Å². The zero-order valence-electron chi connectivity index (χ0n) is 22.1. The van der Waals surface area contributed by atoms with E-state index in [9.17, 15) is 4.79 Å². The number of aryl methyl sites for hydroxylation is 1. The summed E-state index contributed by atoms with van der Waals surface area (Å²) < 4.78 is 0. The van der Waals surface area contributed by atoms with E-state index in [4.69, 9.17) is 6.42 Å². The SMILES string of the molecule is C#CC(=O)CC1=CCC(C)(C2=CC(C)CC(C)=C2)C(C)=C1.C=CC=N/C(=C\C)c1ccc(C)cn1.[HH]. The molecule has 1 aromatic heterocycles. The van der Waals surface area contributed by atoms with Gasteiger partial charge in [0.05, 0.1) is 11.4 Å². The maximum atomic E-state index is 11.4. The van der Waals surface area contributed by atoms with Gasteiger partial charge in [-0.3, -0.25) is 14.8 Å². The van der Waals surface area contributed by atoms with Crippen LogP contribution in [0.3, 0.4) is 0 Å². The Hall–Kier alpha value is -3.51. The molecule has 0 fully saturated rings. The Kier molecular flexibility index (Phi) is 10.2. The Balaban J connectivity index is 0.000000379. The number of hydrogen-bond acceptors (Lipinski definition) is 3. The lowest BCUT2D eigenvalue weighted by molar-refractivity contribution is -0.113. The quantitative estimate of drug-likeness (QED) is 0.241. The van der Waals surface area contributed by atoms with E-state index in [0.717, 1.165) is 35.4 Å². The van der Waals surface area contributed by atoms with E-state index < -0.39 is 0 Å². The molecule has 0 aliphatic heterocycles. The topological polar surface area (TPSA) is 42.3 Å². The summed E-state index contributed by atoms with van der Waals surface area (Å²) >= 11 is 0. The van der Waals surface area contributed by atoms with E-state index in [1.807, 2.05) is 38.3 Å². The summed E-state index contributed by atoms with van der Waals surface area (Å²) in [6.45, 7) is 16.5. The Labute approximate surface area is 213 Å². The highest BCUT2D eigenvalue weighted by atomic mass is 16.1. The van der Waals surface area contributed by atoms with Crippen LogP contribution in [0.4, 0.5) is 0 Å². The highest BCUT2D eigenvalue weighted by Gasteiger charge is 2.32. The summed E-state index contributed by atoms with van der Waals surface area (Å²) in [7, 11) is 0. The highest BCUT2D eigenvalue weighted by Crippen LogP contribution is 2.45. The number of ketones is 1. The van der Waals surface area contributed by atoms with Crippen molar-refractivity contribution < 1.29 is 6.22 Å². The molecule has 35 heavy (non-hydrogen) atoms. The van der Waals surface area contributed by atoms with Crippen LogP contribution in [-0.2, 0) is 4.79 Å². The van der Waals surface area contributed by atoms with Crippen molar-refractivity contribution >= 4 is 17.7 Å². The summed E-state index contributed by atoms with van der Waals surface area (Å²) in [5.74, 6) is 2.65. The maximum Gasteiger partial charge on any atom is 0.209 e. The summed E-state index contributed by atoms with van der Waals surface area (Å²) in [6, 6.07) is 3.99. The molecular weight excluding hydrogens is 428 g/mol. The first-order valence-corrected chi connectivity index (χ1v) is 12.1. The third-order valence-corrected chi connectivity index (χ3v) is 6.48. The van der Waals surface area contributed by atoms with Crippen LogP contribution in [0.5, 0.6) is 0 Å². The van der Waals surface area contributed by atoms with Crippen molar-refractivity contribution in [1.29, 1.82) is 0 Å². The molecule has 3 heteroatoms. The zero-order chi connectivity index (χ0) is 26.0. The molecule has 184 valence electrons. The largest absolute Gasteiger partial charge is 0.285 e. The van der Waals surface area contributed by atoms with Crippen molar-refractivity contribution in [2.45, 2.75) is 60.8 Å². The smallest absolute Gasteiger partial charge is 0.209 e. The highest BCUT2D eigenvalue weighted by molar-refractivity contribution is 5.96. The van der Waals surface area contributed by atoms with Crippen molar-refractivity contribution in [1.82, 2.24) is 4.98 Å². The van der Waals surface area contributed by atoms with Gasteiger partial charge in [0.2, 0.25) is 5.78 Å². The molecule has 1 heterocycles. The minimum Gasteiger partial charge on any atom is -0.285 e. The number of carbonyl (C=O) groups excluding carboxylic acids is 1. The van der Waals surface area contributed by atoms with E-state index in [0.29, 0.717) is 12.3 Å². The minimum absolute atomic E-state index is 0. The van der Waals surface area contributed by atoms with Crippen molar-refractivity contribution in [2.24, 2.45) is 16.3 Å². The average Bonchev–Trinajstić information content (AvgIpc) is 2.82. The molecule has 3 rings (SSSR count). The molecule has 2 aliphatic rings. The third-order valence-electron chi connectivity index (χ3n) is 6.48. The van der Waals surface area contributed by atoms with Crippen LogP contribution >= 0.6 is 0 Å². The van der Waals surface area contributed by atoms with Gasteiger partial charge in [-0.2, -0.15) is 0 Å². The predicted octanol–water partition coefficient (Wildman–Crippen LogP) is 8.03. The van der Waals surface area contributed by atoms with Gasteiger partial charge in [0, 0.05) is 25.7 Å². The molecule has 0 bridgehead atoms. The molecule has 0 amide bonds. The van der Waals surface area contributed by atoms with E-state index >= 15 is 0 Å². The molecule has 2 unspecified atom stereocenters. The number of hydrogen-bond donors (Lipinski definition) is 0. The first-order valence-electron chi connectivity index (χ1n) is 12.1. The summed E-state index contributed by atoms with van der Waals surface area (Å²) in [4.78, 5) is 19.9. The molecule has 2 atom stereocenters. The number of Topliss-reactive ketones (excluding diaryl/α,β-unsaturated/α-hetero) is 1. The lowest BCUT2D eigenvalue weighted by Gasteiger charge is -2.37. The van der Waals surface area contributed by atoms with Crippen LogP contribution in [0, 0.1) is 30.6 Å². The van der Waals surface area contributed by atoms with Crippen LogP contribution in [0.2, 0.25) is 0 Å². The Morgan fingerprint density at radius 3 is 2.63 bits per heavy atom. The number of pyridine rings is 1. The van der Waals surface area contributed by atoms with Crippen LogP contribution < -0.4 is 0 Å². The fourth-order valence-electron chi connectivity index (χ4n) is 4.33. The summed E-state index contributed by atoms with van der Waals surface area (Å²) in [6.07, 6.45) is 23.7. The Morgan fingerprint density at radius 1 is 1.34 bits per heavy atom. The molecule has 0 aromatic carbocycles. The van der Waals surface area contributed by atoms with Crippen LogP contribution in [0.1, 0.15) is 66.6 Å². The molecule has 1 aromatic rings. The number of carbonyl (C=O) groups is 1. The molecule has 0 N–H and O–H groups in total. The maximum absolute atomic E-state index is 11.4. The van der Waals surface area contributed by atoms with Gasteiger partial charge in [-0.1, -0.05) is 74.1 Å². The van der Waals surface area contributed by atoms with Crippen molar-refractivity contribution in [3.05, 3.63) is 94.9 Å².